The van der Waals surface area contributed by atoms with Crippen LogP contribution in [0.1, 0.15) is 5.56 Å². The van der Waals surface area contributed by atoms with Gasteiger partial charge in [-0.1, -0.05) is 36.4 Å². The maximum Gasteiger partial charge on any atom is 0.460 e. The van der Waals surface area contributed by atoms with Gasteiger partial charge in [0.15, 0.2) is 24.8 Å². The molecule has 0 bridgehead atoms. The van der Waals surface area contributed by atoms with Crippen molar-refractivity contribution in [3.05, 3.63) is 101 Å². The highest BCUT2D eigenvalue weighted by molar-refractivity contribution is 7.97. The lowest BCUT2D eigenvalue weighted by Gasteiger charge is -2.34. The van der Waals surface area contributed by atoms with Crippen molar-refractivity contribution in [1.82, 2.24) is 0 Å². The molecule has 0 fully saturated rings. The average Bonchev–Trinajstić information content (AvgIpc) is 2.89. The second kappa shape index (κ2) is 11.6. The first-order valence-corrected chi connectivity index (χ1v) is 13.9. The van der Waals surface area contributed by atoms with Crippen LogP contribution in [0.25, 0.3) is 11.0 Å². The molecular weight excluding hydrogens is 627 g/mol. The van der Waals surface area contributed by atoms with Crippen molar-refractivity contribution in [2.75, 3.05) is 0 Å². The molecule has 0 N–H and O–H groups in total. The summed E-state index contributed by atoms with van der Waals surface area (Å²) in [6.07, 6.45) is -7.16. The van der Waals surface area contributed by atoms with E-state index in [0.717, 1.165) is 5.39 Å². The van der Waals surface area contributed by atoms with Gasteiger partial charge in [-0.05, 0) is 43.3 Å². The van der Waals surface area contributed by atoms with Gasteiger partial charge in [-0.3, -0.25) is 0 Å². The molecule has 0 aliphatic heterocycles. The number of hydrogen-bond acceptors (Lipinski definition) is 5. The van der Waals surface area contributed by atoms with Gasteiger partial charge in [0, 0.05) is 23.1 Å². The van der Waals surface area contributed by atoms with Gasteiger partial charge >= 0.3 is 28.9 Å². The molecule has 0 amide bonds. The van der Waals surface area contributed by atoms with Gasteiger partial charge in [0.05, 0.1) is 10.9 Å². The van der Waals surface area contributed by atoms with Gasteiger partial charge in [0.25, 0.3) is 0 Å². The Morgan fingerprint density at radius 2 is 1.19 bits per heavy atom. The first kappa shape index (κ1) is 33.0. The van der Waals surface area contributed by atoms with Crippen molar-refractivity contribution < 1.29 is 56.9 Å². The van der Waals surface area contributed by atoms with Gasteiger partial charge in [0.2, 0.25) is 0 Å². The van der Waals surface area contributed by atoms with Crippen LogP contribution in [0.4, 0.5) is 39.5 Å². The van der Waals surface area contributed by atoms with Crippen LogP contribution < -0.4 is 5.63 Å². The van der Waals surface area contributed by atoms with Crippen molar-refractivity contribution in [3.63, 3.8) is 0 Å². The highest BCUT2D eigenvalue weighted by Gasteiger charge is 2.83. The average molecular weight is 645 g/mol. The molecule has 0 saturated carbocycles. The van der Waals surface area contributed by atoms with E-state index < -0.39 is 33.4 Å². The summed E-state index contributed by atoms with van der Waals surface area (Å²) in [5.41, 5.74) is 1.51. The van der Waals surface area contributed by atoms with E-state index in [1.54, 1.807) is 0 Å². The maximum atomic E-state index is 12.2. The molecule has 1 heterocycles. The van der Waals surface area contributed by atoms with Crippen molar-refractivity contribution in [3.8, 4) is 0 Å². The van der Waals surface area contributed by atoms with Gasteiger partial charge in [-0.25, -0.2) is 13.2 Å². The molecule has 3 aromatic carbocycles. The molecule has 0 saturated heterocycles. The molecule has 4 rings (SSSR count). The van der Waals surface area contributed by atoms with Crippen LogP contribution in [0.15, 0.2) is 109 Å². The Morgan fingerprint density at radius 1 is 0.714 bits per heavy atom. The fraction of sp³-hybridized carbons (Fsp3) is 0.192. The molecule has 1 aromatic heterocycles. The Morgan fingerprint density at radius 3 is 1.62 bits per heavy atom. The number of aryl methyl sites for hydroxylation is 1. The maximum absolute atomic E-state index is 12.2. The summed E-state index contributed by atoms with van der Waals surface area (Å²) >= 11 is 0. The highest BCUT2D eigenvalue weighted by atomic mass is 32.2. The number of rotatable bonds is 6. The first-order valence-electron chi connectivity index (χ1n) is 11.3. The smallest absolute Gasteiger partial charge is 0.460 e. The lowest BCUT2D eigenvalue weighted by Crippen LogP contribution is -2.63. The molecule has 0 unspecified atom stereocenters. The van der Waals surface area contributed by atoms with Gasteiger partial charge in [0.1, 0.15) is 5.58 Å². The van der Waals surface area contributed by atoms with Crippen molar-refractivity contribution in [1.29, 1.82) is 0 Å². The number of benzene rings is 3. The molecule has 4 aromatic rings. The van der Waals surface area contributed by atoms with Crippen LogP contribution in [0.2, 0.25) is 0 Å². The number of alkyl halides is 9. The van der Waals surface area contributed by atoms with E-state index in [9.17, 15) is 57.3 Å². The van der Waals surface area contributed by atoms with Crippen molar-refractivity contribution >= 4 is 32.0 Å². The monoisotopic (exact) mass is 644 g/mol. The molecule has 226 valence electrons. The number of halogens is 9. The summed E-state index contributed by atoms with van der Waals surface area (Å²) in [6, 6.07) is 28.3. The third-order valence-electron chi connectivity index (χ3n) is 5.52. The molecule has 0 aliphatic carbocycles. The van der Waals surface area contributed by atoms with E-state index in [2.05, 4.69) is 61.5 Å². The van der Waals surface area contributed by atoms with E-state index in [1.807, 2.05) is 24.3 Å². The van der Waals surface area contributed by atoms with E-state index in [1.165, 1.54) is 26.3 Å². The zero-order valence-corrected chi connectivity index (χ0v) is 22.5. The second-order valence-electron chi connectivity index (χ2n) is 8.46. The lowest BCUT2D eigenvalue weighted by molar-refractivity contribution is -0.382. The van der Waals surface area contributed by atoms with Crippen molar-refractivity contribution in [2.24, 2.45) is 0 Å². The fourth-order valence-electron chi connectivity index (χ4n) is 3.45. The topological polar surface area (TPSA) is 87.4 Å². The zero-order valence-electron chi connectivity index (χ0n) is 20.8. The number of hydrogen-bond donors (Lipinski definition) is 0. The summed E-state index contributed by atoms with van der Waals surface area (Å²) in [4.78, 5) is 15.3. The SMILES string of the molecule is Cc1cc2ccc(=O)oc2cc1[S+](c1ccccc1)c1ccccc1.O=S(=O)([O-])C(F)(F)C(F)(F)C(F)(F)C(F)(F)F. The van der Waals surface area contributed by atoms with Crippen LogP contribution in [-0.2, 0) is 21.0 Å². The zero-order chi connectivity index (χ0) is 31.7. The van der Waals surface area contributed by atoms with Crippen molar-refractivity contribution in [2.45, 2.75) is 44.9 Å². The molecule has 0 radical (unpaired) electrons. The predicted octanol–water partition coefficient (Wildman–Crippen LogP) is 7.15. The second-order valence-corrected chi connectivity index (χ2v) is 11.9. The quantitative estimate of drug-likeness (QED) is 0.0963. The van der Waals surface area contributed by atoms with E-state index in [-0.39, 0.29) is 16.5 Å². The molecule has 0 atom stereocenters. The minimum absolute atomic E-state index is 0.251. The van der Waals surface area contributed by atoms with Crippen LogP contribution in [-0.4, -0.2) is 36.2 Å². The van der Waals surface area contributed by atoms with Gasteiger partial charge in [-0.2, -0.15) is 39.5 Å². The standard InChI is InChI=1S/C22H17O2S.C4HF9O3S/c1-16-14-17-12-13-22(23)24-20(17)15-21(16)25(18-8-4-2-5-9-18)19-10-6-3-7-11-19;5-1(6,3(9,10)11)2(7,8)4(12,13)17(14,15)16/h2-15H,1H3;(H,14,15,16)/q+1;/p-1. The Labute approximate surface area is 234 Å². The number of fused-ring (bicyclic) bond motifs is 1. The van der Waals surface area contributed by atoms with E-state index >= 15 is 0 Å². The summed E-state index contributed by atoms with van der Waals surface area (Å²) in [5, 5.41) is -6.16. The molecule has 42 heavy (non-hydrogen) atoms. The van der Waals surface area contributed by atoms with Crippen LogP contribution in [0, 0.1) is 6.92 Å². The highest BCUT2D eigenvalue weighted by Crippen LogP contribution is 2.54. The van der Waals surface area contributed by atoms with Gasteiger partial charge in [-0.15, -0.1) is 0 Å². The molecule has 16 heteroatoms. The summed E-state index contributed by atoms with van der Waals surface area (Å²) in [5.74, 6) is -14.8. The Balaban J connectivity index is 0.000000252. The Bertz CT molecular complexity index is 1670. The first-order chi connectivity index (χ1) is 19.2. The molecule has 0 spiro atoms. The molecule has 0 aliphatic rings. The van der Waals surface area contributed by atoms with Gasteiger partial charge < -0.3 is 8.97 Å². The largest absolute Gasteiger partial charge is 0.743 e. The minimum Gasteiger partial charge on any atom is -0.743 e. The normalized spacial score (nSPS) is 13.1. The van der Waals surface area contributed by atoms with Crippen LogP contribution in [0.5, 0.6) is 0 Å². The minimum atomic E-state index is -7.43. The summed E-state index contributed by atoms with van der Waals surface area (Å²) in [6.45, 7) is 2.12. The lowest BCUT2D eigenvalue weighted by atomic mass is 10.1. The van der Waals surface area contributed by atoms with E-state index in [0.29, 0.717) is 5.58 Å². The third-order valence-corrected chi connectivity index (χ3v) is 8.78. The molecular formula is C26H17F9O5S2. The Kier molecular flexibility index (Phi) is 9.15. The van der Waals surface area contributed by atoms with Crippen LogP contribution >= 0.6 is 0 Å². The van der Waals surface area contributed by atoms with E-state index in [4.69, 9.17) is 4.42 Å². The Hall–Kier alpha value is -3.50. The summed E-state index contributed by atoms with van der Waals surface area (Å²) < 4.78 is 141. The predicted molar refractivity (Wildman–Crippen MR) is 133 cm³/mol. The fourth-order valence-corrected chi connectivity index (χ4v) is 6.14. The third kappa shape index (κ3) is 6.29. The van der Waals surface area contributed by atoms with Crippen LogP contribution in [0.3, 0.4) is 0 Å². The molecule has 5 nitrogen and oxygen atoms in total. The summed E-state index contributed by atoms with van der Waals surface area (Å²) in [7, 11) is -7.67.